The molecule has 0 saturated carbocycles. The fourth-order valence-corrected chi connectivity index (χ4v) is 3.67. The molecule has 148 valence electrons. The highest BCUT2D eigenvalue weighted by Crippen LogP contribution is 2.33. The maximum Gasteiger partial charge on any atom is 0.434 e. The molecule has 1 aliphatic rings. The van der Waals surface area contributed by atoms with E-state index in [-0.39, 0.29) is 11.1 Å². The number of hydrogen-bond acceptors (Lipinski definition) is 4. The minimum atomic E-state index is -4.50. The molecule has 0 spiro atoms. The third-order valence-electron chi connectivity index (χ3n) is 5.22. The van der Waals surface area contributed by atoms with Crippen molar-refractivity contribution in [2.24, 2.45) is 0 Å². The number of alkyl halides is 3. The zero-order chi connectivity index (χ0) is 19.8. The lowest BCUT2D eigenvalue weighted by Gasteiger charge is -2.37. The van der Waals surface area contributed by atoms with Crippen LogP contribution in [0.4, 0.5) is 23.4 Å². The smallest absolute Gasteiger partial charge is 0.370 e. The number of aromatic nitrogens is 3. The molecule has 0 amide bonds. The summed E-state index contributed by atoms with van der Waals surface area (Å²) in [5.41, 5.74) is -0.277. The van der Waals surface area contributed by atoms with E-state index in [0.29, 0.717) is 12.4 Å². The normalized spacial score (nSPS) is 17.0. The van der Waals surface area contributed by atoms with Crippen LogP contribution >= 0.6 is 0 Å². The molecule has 0 radical (unpaired) electrons. The molecular formula is C19H19F4N5. The summed E-state index contributed by atoms with van der Waals surface area (Å²) >= 11 is 0. The molecule has 1 saturated heterocycles. The van der Waals surface area contributed by atoms with Crippen molar-refractivity contribution in [3.05, 3.63) is 59.9 Å². The number of imidazole rings is 1. The predicted molar refractivity (Wildman–Crippen MR) is 96.7 cm³/mol. The Morgan fingerprint density at radius 1 is 1.14 bits per heavy atom. The van der Waals surface area contributed by atoms with Crippen LogP contribution in [-0.4, -0.2) is 34.0 Å². The van der Waals surface area contributed by atoms with Gasteiger partial charge in [-0.2, -0.15) is 13.2 Å². The van der Waals surface area contributed by atoms with Gasteiger partial charge in [-0.3, -0.25) is 9.38 Å². The van der Waals surface area contributed by atoms with Gasteiger partial charge in [-0.15, -0.1) is 0 Å². The van der Waals surface area contributed by atoms with Gasteiger partial charge in [0.1, 0.15) is 17.3 Å². The van der Waals surface area contributed by atoms with Crippen LogP contribution in [0.25, 0.3) is 5.65 Å². The van der Waals surface area contributed by atoms with Gasteiger partial charge in [-0.05, 0) is 50.2 Å². The van der Waals surface area contributed by atoms with Crippen LogP contribution < -0.4 is 10.6 Å². The first-order valence-corrected chi connectivity index (χ1v) is 8.99. The first-order chi connectivity index (χ1) is 13.4. The Kier molecular flexibility index (Phi) is 4.70. The molecule has 0 unspecified atom stereocenters. The molecule has 0 atom stereocenters. The summed E-state index contributed by atoms with van der Waals surface area (Å²) in [4.78, 5) is 7.93. The van der Waals surface area contributed by atoms with E-state index in [2.05, 4.69) is 20.6 Å². The third kappa shape index (κ3) is 3.54. The van der Waals surface area contributed by atoms with Gasteiger partial charge in [-0.1, -0.05) is 6.07 Å². The average Bonchev–Trinajstić information content (AvgIpc) is 3.13. The highest BCUT2D eigenvalue weighted by Gasteiger charge is 2.36. The van der Waals surface area contributed by atoms with Gasteiger partial charge in [0.25, 0.3) is 0 Å². The SMILES string of the molecule is Fc1ccc(C2(CNc3cccc4nc(C(F)(F)F)cn34)CCNCC2)nc1. The molecular weight excluding hydrogens is 374 g/mol. The van der Waals surface area contributed by atoms with Crippen LogP contribution in [0, 0.1) is 5.82 Å². The summed E-state index contributed by atoms with van der Waals surface area (Å²) in [5, 5.41) is 6.57. The average molecular weight is 393 g/mol. The summed E-state index contributed by atoms with van der Waals surface area (Å²) in [5.74, 6) is 0.115. The first kappa shape index (κ1) is 18.7. The van der Waals surface area contributed by atoms with E-state index < -0.39 is 17.7 Å². The van der Waals surface area contributed by atoms with Crippen LogP contribution in [0.15, 0.2) is 42.7 Å². The minimum Gasteiger partial charge on any atom is -0.370 e. The Hall–Kier alpha value is -2.68. The van der Waals surface area contributed by atoms with Gasteiger partial charge in [0.15, 0.2) is 5.69 Å². The summed E-state index contributed by atoms with van der Waals surface area (Å²) in [7, 11) is 0. The number of halogens is 4. The maximum absolute atomic E-state index is 13.3. The monoisotopic (exact) mass is 393 g/mol. The van der Waals surface area contributed by atoms with Crippen molar-refractivity contribution in [3.8, 4) is 0 Å². The molecule has 0 aromatic carbocycles. The van der Waals surface area contributed by atoms with Gasteiger partial charge < -0.3 is 10.6 Å². The van der Waals surface area contributed by atoms with Crippen LogP contribution in [-0.2, 0) is 11.6 Å². The summed E-state index contributed by atoms with van der Waals surface area (Å²) in [6, 6.07) is 7.97. The fourth-order valence-electron chi connectivity index (χ4n) is 3.67. The Morgan fingerprint density at radius 2 is 1.93 bits per heavy atom. The molecule has 28 heavy (non-hydrogen) atoms. The highest BCUT2D eigenvalue weighted by molar-refractivity contribution is 5.51. The van der Waals surface area contributed by atoms with E-state index >= 15 is 0 Å². The second-order valence-corrected chi connectivity index (χ2v) is 7.01. The Morgan fingerprint density at radius 3 is 2.61 bits per heavy atom. The molecule has 1 aliphatic heterocycles. The highest BCUT2D eigenvalue weighted by atomic mass is 19.4. The van der Waals surface area contributed by atoms with Crippen molar-refractivity contribution in [1.82, 2.24) is 19.7 Å². The predicted octanol–water partition coefficient (Wildman–Crippen LogP) is 3.62. The van der Waals surface area contributed by atoms with Crippen molar-refractivity contribution in [1.29, 1.82) is 0 Å². The van der Waals surface area contributed by atoms with E-state index in [0.717, 1.165) is 37.8 Å². The molecule has 2 N–H and O–H groups in total. The lowest BCUT2D eigenvalue weighted by molar-refractivity contribution is -0.140. The zero-order valence-electron chi connectivity index (χ0n) is 14.9. The van der Waals surface area contributed by atoms with E-state index in [4.69, 9.17) is 0 Å². The standard InChI is InChI=1S/C19H19F4N5/c20-13-4-5-14(25-10-13)18(6-8-24-9-7-18)12-26-16-2-1-3-17-27-15(11-28(16)17)19(21,22)23/h1-5,10-11,24,26H,6-9,12H2. The van der Waals surface area contributed by atoms with Crippen molar-refractivity contribution >= 4 is 11.5 Å². The fraction of sp³-hybridized carbons (Fsp3) is 0.368. The Labute approximate surface area is 158 Å². The van der Waals surface area contributed by atoms with Crippen molar-refractivity contribution in [3.63, 3.8) is 0 Å². The van der Waals surface area contributed by atoms with Crippen LogP contribution in [0.2, 0.25) is 0 Å². The molecule has 5 nitrogen and oxygen atoms in total. The summed E-state index contributed by atoms with van der Waals surface area (Å²) in [6.45, 7) is 2.04. The third-order valence-corrected chi connectivity index (χ3v) is 5.22. The van der Waals surface area contributed by atoms with Crippen molar-refractivity contribution < 1.29 is 17.6 Å². The number of nitrogens with zero attached hydrogens (tertiary/aromatic N) is 3. The Bertz CT molecular complexity index is 959. The topological polar surface area (TPSA) is 54.2 Å². The largest absolute Gasteiger partial charge is 0.434 e. The van der Waals surface area contributed by atoms with Gasteiger partial charge in [0, 0.05) is 23.9 Å². The second kappa shape index (κ2) is 7.05. The van der Waals surface area contributed by atoms with Gasteiger partial charge in [0.05, 0.1) is 6.20 Å². The van der Waals surface area contributed by atoms with Crippen LogP contribution in [0.5, 0.6) is 0 Å². The second-order valence-electron chi connectivity index (χ2n) is 7.01. The number of nitrogens with one attached hydrogen (secondary N) is 2. The van der Waals surface area contributed by atoms with Gasteiger partial charge in [0.2, 0.25) is 0 Å². The van der Waals surface area contributed by atoms with Crippen molar-refractivity contribution in [2.45, 2.75) is 24.4 Å². The molecule has 3 aromatic rings. The number of rotatable bonds is 4. The molecule has 4 heterocycles. The molecule has 0 aliphatic carbocycles. The summed E-state index contributed by atoms with van der Waals surface area (Å²) in [6.07, 6.45) is -0.746. The molecule has 0 bridgehead atoms. The number of pyridine rings is 2. The van der Waals surface area contributed by atoms with Crippen LogP contribution in [0.1, 0.15) is 24.2 Å². The Balaban J connectivity index is 1.64. The molecule has 3 aromatic heterocycles. The number of piperidine rings is 1. The molecule has 9 heteroatoms. The number of fused-ring (bicyclic) bond motifs is 1. The lowest BCUT2D eigenvalue weighted by Crippen LogP contribution is -2.45. The number of hydrogen-bond donors (Lipinski definition) is 2. The van der Waals surface area contributed by atoms with Crippen molar-refractivity contribution in [2.75, 3.05) is 25.0 Å². The van der Waals surface area contributed by atoms with E-state index in [1.807, 2.05) is 0 Å². The zero-order valence-corrected chi connectivity index (χ0v) is 14.9. The minimum absolute atomic E-state index is 0.219. The quantitative estimate of drug-likeness (QED) is 0.665. The summed E-state index contributed by atoms with van der Waals surface area (Å²) < 4.78 is 53.7. The van der Waals surface area contributed by atoms with Crippen LogP contribution in [0.3, 0.4) is 0 Å². The maximum atomic E-state index is 13.3. The van der Waals surface area contributed by atoms with E-state index in [9.17, 15) is 17.6 Å². The molecule has 4 rings (SSSR count). The van der Waals surface area contributed by atoms with E-state index in [1.54, 1.807) is 18.2 Å². The lowest BCUT2D eigenvalue weighted by atomic mass is 9.75. The first-order valence-electron chi connectivity index (χ1n) is 8.99. The van der Waals surface area contributed by atoms with E-state index in [1.165, 1.54) is 22.7 Å². The van der Waals surface area contributed by atoms with Gasteiger partial charge >= 0.3 is 6.18 Å². The molecule has 1 fully saturated rings. The van der Waals surface area contributed by atoms with Gasteiger partial charge in [-0.25, -0.2) is 9.37 Å². The number of anilines is 1.